The van der Waals surface area contributed by atoms with Gasteiger partial charge in [-0.2, -0.15) is 0 Å². The summed E-state index contributed by atoms with van der Waals surface area (Å²) < 4.78 is 0. The monoisotopic (exact) mass is 224 g/mol. The van der Waals surface area contributed by atoms with Gasteiger partial charge in [0.2, 0.25) is 0 Å². The van der Waals surface area contributed by atoms with Gasteiger partial charge in [-0.15, -0.1) is 0 Å². The van der Waals surface area contributed by atoms with Crippen LogP contribution in [-0.4, -0.2) is 37.6 Å². The minimum Gasteiger partial charge on any atom is -0.314 e. The van der Waals surface area contributed by atoms with Crippen molar-refractivity contribution in [3.63, 3.8) is 0 Å². The first-order valence-electron chi connectivity index (χ1n) is 7.16. The highest BCUT2D eigenvalue weighted by Crippen LogP contribution is 2.25. The molecule has 1 heterocycles. The first-order chi connectivity index (χ1) is 7.74. The Morgan fingerprint density at radius 1 is 1.12 bits per heavy atom. The molecule has 0 aromatic rings. The minimum atomic E-state index is 0.835. The molecule has 2 fully saturated rings. The molecular formula is C14H28N2. The van der Waals surface area contributed by atoms with Gasteiger partial charge in [-0.1, -0.05) is 6.92 Å². The standard InChI is InChI=1S/C14H28N2/c1-12-3-4-14(11-12)15-8-5-13-6-9-16(2)10-7-13/h12-15H,3-11H2,1-2H3. The number of hydrogen-bond donors (Lipinski definition) is 1. The molecule has 2 atom stereocenters. The lowest BCUT2D eigenvalue weighted by molar-refractivity contribution is 0.210. The largest absolute Gasteiger partial charge is 0.314 e. The van der Waals surface area contributed by atoms with Gasteiger partial charge in [-0.05, 0) is 77.0 Å². The molecule has 2 nitrogen and oxygen atoms in total. The topological polar surface area (TPSA) is 15.3 Å². The summed E-state index contributed by atoms with van der Waals surface area (Å²) in [6.07, 6.45) is 8.49. The van der Waals surface area contributed by atoms with Gasteiger partial charge in [0.25, 0.3) is 0 Å². The van der Waals surface area contributed by atoms with E-state index >= 15 is 0 Å². The summed E-state index contributed by atoms with van der Waals surface area (Å²) in [6.45, 7) is 6.26. The predicted octanol–water partition coefficient (Wildman–Crippen LogP) is 2.50. The SMILES string of the molecule is CC1CCC(NCCC2CCN(C)CC2)C1. The smallest absolute Gasteiger partial charge is 0.00697 e. The lowest BCUT2D eigenvalue weighted by atomic mass is 9.94. The lowest BCUT2D eigenvalue weighted by Gasteiger charge is -2.29. The second-order valence-electron chi connectivity index (χ2n) is 6.10. The van der Waals surface area contributed by atoms with E-state index in [-0.39, 0.29) is 0 Å². The predicted molar refractivity (Wildman–Crippen MR) is 69.6 cm³/mol. The van der Waals surface area contributed by atoms with Gasteiger partial charge in [0.05, 0.1) is 0 Å². The van der Waals surface area contributed by atoms with Crippen LogP contribution in [0.5, 0.6) is 0 Å². The summed E-state index contributed by atoms with van der Waals surface area (Å²) in [5, 5.41) is 3.76. The van der Waals surface area contributed by atoms with Gasteiger partial charge in [-0.3, -0.25) is 0 Å². The van der Waals surface area contributed by atoms with Gasteiger partial charge in [0.1, 0.15) is 0 Å². The second kappa shape index (κ2) is 6.02. The molecule has 1 aliphatic heterocycles. The molecule has 1 saturated carbocycles. The summed E-state index contributed by atoms with van der Waals surface area (Å²) in [5.74, 6) is 1.95. The molecule has 2 heteroatoms. The third-order valence-electron chi connectivity index (χ3n) is 4.52. The van der Waals surface area contributed by atoms with E-state index in [0.717, 1.165) is 17.9 Å². The molecule has 0 spiro atoms. The molecule has 2 rings (SSSR count). The van der Waals surface area contributed by atoms with Crippen molar-refractivity contribution in [3.05, 3.63) is 0 Å². The Hall–Kier alpha value is -0.0800. The van der Waals surface area contributed by atoms with Crippen molar-refractivity contribution in [3.8, 4) is 0 Å². The van der Waals surface area contributed by atoms with E-state index in [1.165, 1.54) is 58.2 Å². The van der Waals surface area contributed by atoms with Gasteiger partial charge < -0.3 is 10.2 Å². The number of nitrogens with zero attached hydrogens (tertiary/aromatic N) is 1. The van der Waals surface area contributed by atoms with Crippen LogP contribution in [0.25, 0.3) is 0 Å². The molecule has 1 N–H and O–H groups in total. The summed E-state index contributed by atoms with van der Waals surface area (Å²) in [4.78, 5) is 2.46. The third kappa shape index (κ3) is 3.74. The summed E-state index contributed by atoms with van der Waals surface area (Å²) in [5.41, 5.74) is 0. The van der Waals surface area contributed by atoms with Crippen LogP contribution in [0.2, 0.25) is 0 Å². The van der Waals surface area contributed by atoms with E-state index in [1.54, 1.807) is 0 Å². The fraction of sp³-hybridized carbons (Fsp3) is 1.00. The highest BCUT2D eigenvalue weighted by Gasteiger charge is 2.21. The molecule has 0 amide bonds. The Bertz CT molecular complexity index is 197. The Balaban J connectivity index is 1.54. The van der Waals surface area contributed by atoms with Crippen LogP contribution in [0.4, 0.5) is 0 Å². The fourth-order valence-corrected chi connectivity index (χ4v) is 3.23. The first-order valence-corrected chi connectivity index (χ1v) is 7.16. The van der Waals surface area contributed by atoms with Gasteiger partial charge in [0.15, 0.2) is 0 Å². The molecule has 0 radical (unpaired) electrons. The van der Waals surface area contributed by atoms with Crippen molar-refractivity contribution in [1.29, 1.82) is 0 Å². The quantitative estimate of drug-likeness (QED) is 0.789. The van der Waals surface area contributed by atoms with Crippen LogP contribution >= 0.6 is 0 Å². The first kappa shape index (κ1) is 12.4. The molecule has 0 bridgehead atoms. The van der Waals surface area contributed by atoms with Gasteiger partial charge in [-0.25, -0.2) is 0 Å². The van der Waals surface area contributed by atoms with Gasteiger partial charge >= 0.3 is 0 Å². The van der Waals surface area contributed by atoms with E-state index in [4.69, 9.17) is 0 Å². The zero-order valence-corrected chi connectivity index (χ0v) is 11.0. The molecule has 2 unspecified atom stereocenters. The summed E-state index contributed by atoms with van der Waals surface area (Å²) in [7, 11) is 2.24. The zero-order chi connectivity index (χ0) is 11.4. The van der Waals surface area contributed by atoms with Crippen LogP contribution < -0.4 is 5.32 Å². The van der Waals surface area contributed by atoms with E-state index in [1.807, 2.05) is 0 Å². The van der Waals surface area contributed by atoms with Crippen LogP contribution in [-0.2, 0) is 0 Å². The highest BCUT2D eigenvalue weighted by atomic mass is 15.1. The normalized spacial score (nSPS) is 33.4. The second-order valence-corrected chi connectivity index (χ2v) is 6.10. The average Bonchev–Trinajstić information content (AvgIpc) is 2.67. The van der Waals surface area contributed by atoms with Crippen molar-refractivity contribution in [2.24, 2.45) is 11.8 Å². The van der Waals surface area contributed by atoms with E-state index < -0.39 is 0 Å². The van der Waals surface area contributed by atoms with E-state index in [2.05, 4.69) is 24.2 Å². The third-order valence-corrected chi connectivity index (χ3v) is 4.52. The van der Waals surface area contributed by atoms with Crippen LogP contribution in [0.3, 0.4) is 0 Å². The lowest BCUT2D eigenvalue weighted by Crippen LogP contribution is -2.33. The molecule has 0 aromatic heterocycles. The number of likely N-dealkylation sites (tertiary alicyclic amines) is 1. The number of rotatable bonds is 4. The Morgan fingerprint density at radius 3 is 2.50 bits per heavy atom. The van der Waals surface area contributed by atoms with Crippen molar-refractivity contribution in [2.45, 2.75) is 51.5 Å². The average molecular weight is 224 g/mol. The van der Waals surface area contributed by atoms with Crippen molar-refractivity contribution in [1.82, 2.24) is 10.2 Å². The van der Waals surface area contributed by atoms with Gasteiger partial charge in [0, 0.05) is 6.04 Å². The maximum atomic E-state index is 3.76. The van der Waals surface area contributed by atoms with Crippen LogP contribution in [0.1, 0.15) is 45.4 Å². The van der Waals surface area contributed by atoms with Crippen LogP contribution in [0.15, 0.2) is 0 Å². The summed E-state index contributed by atoms with van der Waals surface area (Å²) >= 11 is 0. The molecule has 1 saturated heterocycles. The van der Waals surface area contributed by atoms with Crippen LogP contribution in [0, 0.1) is 11.8 Å². The molecule has 0 aromatic carbocycles. The van der Waals surface area contributed by atoms with Crippen molar-refractivity contribution >= 4 is 0 Å². The fourth-order valence-electron chi connectivity index (χ4n) is 3.23. The maximum absolute atomic E-state index is 3.76. The van der Waals surface area contributed by atoms with E-state index in [9.17, 15) is 0 Å². The minimum absolute atomic E-state index is 0.835. The molecule has 16 heavy (non-hydrogen) atoms. The Kier molecular flexibility index (Phi) is 4.66. The van der Waals surface area contributed by atoms with E-state index in [0.29, 0.717) is 0 Å². The summed E-state index contributed by atoms with van der Waals surface area (Å²) in [6, 6.07) is 0.835. The maximum Gasteiger partial charge on any atom is 0.00697 e. The van der Waals surface area contributed by atoms with Crippen molar-refractivity contribution in [2.75, 3.05) is 26.7 Å². The molecule has 1 aliphatic carbocycles. The Labute approximate surface area is 101 Å². The zero-order valence-electron chi connectivity index (χ0n) is 11.0. The number of hydrogen-bond acceptors (Lipinski definition) is 2. The van der Waals surface area contributed by atoms with Crippen molar-refractivity contribution < 1.29 is 0 Å². The Morgan fingerprint density at radius 2 is 1.88 bits per heavy atom. The number of piperidine rings is 1. The highest BCUT2D eigenvalue weighted by molar-refractivity contribution is 4.79. The molecule has 2 aliphatic rings. The molecular weight excluding hydrogens is 196 g/mol. The number of nitrogens with one attached hydrogen (secondary N) is 1. The molecule has 94 valence electrons.